The van der Waals surface area contributed by atoms with Gasteiger partial charge in [-0.2, -0.15) is 4.68 Å². The Morgan fingerprint density at radius 1 is 1.14 bits per heavy atom. The van der Waals surface area contributed by atoms with Crippen LogP contribution in [0.3, 0.4) is 0 Å². The number of carbonyl (C=O) groups excluding carboxylic acids is 1. The predicted molar refractivity (Wildman–Crippen MR) is 163 cm³/mol. The van der Waals surface area contributed by atoms with Crippen molar-refractivity contribution >= 4 is 48.7 Å². The molecule has 0 saturated heterocycles. The standard InChI is InChI=1S/C29H40ClFN4O6Si/c1-7-42(8-2,9-3)41-25(19-10-13-22(31)23(32)16-19)18-34(28(38)40-29(4,5)6)14-15-39-20-11-12-21-24(17-20)35(27(36)37)33-26(21)30/h10-13,16-17,25H,7-9,14-15,18,32H2,1-6H3,(H,36,37). The number of rotatable bonds is 12. The third-order valence-corrected chi connectivity index (χ3v) is 12.1. The molecular weight excluding hydrogens is 583 g/mol. The first-order chi connectivity index (χ1) is 19.7. The Balaban J connectivity index is 1.89. The first kappa shape index (κ1) is 33.2. The second-order valence-electron chi connectivity index (χ2n) is 11.1. The summed E-state index contributed by atoms with van der Waals surface area (Å²) in [5, 5.41) is 13.8. The normalized spacial score (nSPS) is 12.8. The van der Waals surface area contributed by atoms with E-state index in [-0.39, 0.29) is 36.1 Å². The first-order valence-corrected chi connectivity index (χ1v) is 16.9. The maximum atomic E-state index is 14.1. The van der Waals surface area contributed by atoms with E-state index >= 15 is 0 Å². The molecule has 0 fully saturated rings. The Kier molecular flexibility index (Phi) is 10.9. The van der Waals surface area contributed by atoms with Gasteiger partial charge in [-0.3, -0.25) is 0 Å². The molecule has 1 unspecified atom stereocenters. The van der Waals surface area contributed by atoms with E-state index in [1.807, 2.05) is 0 Å². The highest BCUT2D eigenvalue weighted by Crippen LogP contribution is 2.32. The number of nitrogens with two attached hydrogens (primary N) is 1. The molecule has 13 heteroatoms. The molecule has 3 N–H and O–H groups in total. The van der Waals surface area contributed by atoms with Crippen molar-refractivity contribution in [1.29, 1.82) is 0 Å². The van der Waals surface area contributed by atoms with Crippen LogP contribution in [0.4, 0.5) is 19.7 Å². The van der Waals surface area contributed by atoms with Gasteiger partial charge in [0.15, 0.2) is 13.5 Å². The Hall–Kier alpha value is -3.35. The quantitative estimate of drug-likeness (QED) is 0.159. The molecule has 3 rings (SSSR count). The lowest BCUT2D eigenvalue weighted by atomic mass is 10.1. The highest BCUT2D eigenvalue weighted by molar-refractivity contribution is 6.73. The largest absolute Gasteiger partial charge is 0.492 e. The maximum absolute atomic E-state index is 14.1. The van der Waals surface area contributed by atoms with Crippen LogP contribution in [0.5, 0.6) is 5.75 Å². The summed E-state index contributed by atoms with van der Waals surface area (Å²) in [5.41, 5.74) is 6.11. The van der Waals surface area contributed by atoms with Gasteiger partial charge in [0.25, 0.3) is 0 Å². The number of anilines is 1. The second kappa shape index (κ2) is 13.7. The average Bonchev–Trinajstić information content (AvgIpc) is 3.27. The molecule has 1 amide bonds. The van der Waals surface area contributed by atoms with E-state index in [0.29, 0.717) is 16.7 Å². The first-order valence-electron chi connectivity index (χ1n) is 14.0. The van der Waals surface area contributed by atoms with E-state index in [1.165, 1.54) is 17.0 Å². The SMILES string of the molecule is CC[Si](CC)(CC)OC(CN(CCOc1ccc2c(Cl)nn(C(=O)O)c2c1)C(=O)OC(C)(C)C)c1ccc(F)c(N)c1. The topological polar surface area (TPSA) is 129 Å². The van der Waals surface area contributed by atoms with Crippen LogP contribution in [0.1, 0.15) is 53.2 Å². The minimum atomic E-state index is -2.18. The monoisotopic (exact) mass is 622 g/mol. The molecule has 1 atom stereocenters. The summed E-state index contributed by atoms with van der Waals surface area (Å²) in [4.78, 5) is 26.5. The Morgan fingerprint density at radius 2 is 1.81 bits per heavy atom. The zero-order valence-electron chi connectivity index (χ0n) is 24.9. The Bertz CT molecular complexity index is 1400. The minimum Gasteiger partial charge on any atom is -0.492 e. The van der Waals surface area contributed by atoms with Crippen molar-refractivity contribution < 1.29 is 33.0 Å². The number of halogens is 2. The number of aromatic nitrogens is 2. The van der Waals surface area contributed by atoms with Crippen molar-refractivity contribution in [2.45, 2.75) is 71.4 Å². The number of benzene rings is 2. The van der Waals surface area contributed by atoms with Crippen LogP contribution in [-0.4, -0.2) is 65.6 Å². The average molecular weight is 623 g/mol. The summed E-state index contributed by atoms with van der Waals surface area (Å²) in [6.45, 7) is 12.0. The van der Waals surface area contributed by atoms with Crippen molar-refractivity contribution in [2.75, 3.05) is 25.4 Å². The molecule has 230 valence electrons. The Morgan fingerprint density at radius 3 is 2.38 bits per heavy atom. The number of hydrogen-bond acceptors (Lipinski definition) is 7. The van der Waals surface area contributed by atoms with Crippen LogP contribution < -0.4 is 10.5 Å². The molecule has 0 aliphatic heterocycles. The molecule has 3 aromatic rings. The number of ether oxygens (including phenoxy) is 2. The minimum absolute atomic E-state index is 0.00103. The van der Waals surface area contributed by atoms with Gasteiger partial charge < -0.3 is 29.6 Å². The van der Waals surface area contributed by atoms with E-state index in [2.05, 4.69) is 25.9 Å². The molecule has 0 saturated carbocycles. The Labute approximate surface area is 251 Å². The third kappa shape index (κ3) is 8.14. The maximum Gasteiger partial charge on any atom is 0.432 e. The summed E-state index contributed by atoms with van der Waals surface area (Å²) in [7, 11) is -2.18. The molecule has 0 radical (unpaired) electrons. The zero-order valence-corrected chi connectivity index (χ0v) is 26.7. The van der Waals surface area contributed by atoms with Gasteiger partial charge in [0, 0.05) is 11.5 Å². The van der Waals surface area contributed by atoms with Crippen molar-refractivity contribution in [3.05, 3.63) is 52.9 Å². The van der Waals surface area contributed by atoms with Crippen molar-refractivity contribution in [1.82, 2.24) is 14.7 Å². The highest BCUT2D eigenvalue weighted by Gasteiger charge is 2.35. The molecular formula is C29H40ClFN4O6Si. The summed E-state index contributed by atoms with van der Waals surface area (Å²) in [6.07, 6.45) is -2.41. The molecule has 0 aliphatic carbocycles. The van der Waals surface area contributed by atoms with Crippen LogP contribution >= 0.6 is 11.6 Å². The third-order valence-electron chi connectivity index (χ3n) is 7.17. The lowest BCUT2D eigenvalue weighted by Gasteiger charge is -2.36. The van der Waals surface area contributed by atoms with Crippen molar-refractivity contribution in [3.63, 3.8) is 0 Å². The van der Waals surface area contributed by atoms with Gasteiger partial charge in [-0.15, -0.1) is 5.10 Å². The van der Waals surface area contributed by atoms with Gasteiger partial charge in [-0.05, 0) is 68.7 Å². The van der Waals surface area contributed by atoms with Crippen molar-refractivity contribution in [3.8, 4) is 5.75 Å². The van der Waals surface area contributed by atoms with E-state index in [0.717, 1.165) is 22.8 Å². The summed E-state index contributed by atoms with van der Waals surface area (Å²) >= 11 is 6.07. The van der Waals surface area contributed by atoms with Crippen LogP contribution in [0, 0.1) is 5.82 Å². The molecule has 0 spiro atoms. The molecule has 10 nitrogen and oxygen atoms in total. The van der Waals surface area contributed by atoms with Crippen molar-refractivity contribution in [2.24, 2.45) is 0 Å². The fourth-order valence-corrected chi connectivity index (χ4v) is 7.67. The molecule has 1 heterocycles. The number of carboxylic acid groups (broad SMARTS) is 1. The fraction of sp³-hybridized carbons (Fsp3) is 0.483. The van der Waals surface area contributed by atoms with Gasteiger partial charge in [0.2, 0.25) is 0 Å². The number of hydrogen-bond donors (Lipinski definition) is 2. The smallest absolute Gasteiger partial charge is 0.432 e. The highest BCUT2D eigenvalue weighted by atomic mass is 35.5. The fourth-order valence-electron chi connectivity index (χ4n) is 4.62. The molecule has 42 heavy (non-hydrogen) atoms. The van der Waals surface area contributed by atoms with Gasteiger partial charge in [-0.25, -0.2) is 14.0 Å². The lowest BCUT2D eigenvalue weighted by Crippen LogP contribution is -2.45. The number of amides is 1. The van der Waals surface area contributed by atoms with Crippen LogP contribution in [0.25, 0.3) is 10.9 Å². The van der Waals surface area contributed by atoms with Crippen LogP contribution in [0.2, 0.25) is 23.3 Å². The number of nitrogens with zero attached hydrogens (tertiary/aromatic N) is 3. The van der Waals surface area contributed by atoms with Crippen LogP contribution in [0.15, 0.2) is 36.4 Å². The van der Waals surface area contributed by atoms with Gasteiger partial charge >= 0.3 is 12.2 Å². The zero-order chi connectivity index (χ0) is 31.2. The lowest BCUT2D eigenvalue weighted by molar-refractivity contribution is 0.0131. The number of fused-ring (bicyclic) bond motifs is 1. The van der Waals surface area contributed by atoms with E-state index in [9.17, 15) is 19.1 Å². The summed E-state index contributed by atoms with van der Waals surface area (Å²) < 4.78 is 33.3. The predicted octanol–water partition coefficient (Wildman–Crippen LogP) is 7.32. The molecule has 2 aromatic carbocycles. The van der Waals surface area contributed by atoms with Gasteiger partial charge in [0.1, 0.15) is 23.8 Å². The molecule has 0 bridgehead atoms. The van der Waals surface area contributed by atoms with Gasteiger partial charge in [-0.1, -0.05) is 38.4 Å². The summed E-state index contributed by atoms with van der Waals surface area (Å²) in [5.74, 6) is -0.151. The van der Waals surface area contributed by atoms with Gasteiger partial charge in [0.05, 0.1) is 30.4 Å². The molecule has 0 aliphatic rings. The van der Waals surface area contributed by atoms with E-state index in [4.69, 9.17) is 31.2 Å². The van der Waals surface area contributed by atoms with E-state index < -0.39 is 38.0 Å². The second-order valence-corrected chi connectivity index (χ2v) is 16.2. The van der Waals surface area contributed by atoms with Crippen LogP contribution in [-0.2, 0) is 9.16 Å². The number of nitrogen functional groups attached to an aromatic ring is 1. The number of carbonyl (C=O) groups is 2. The molecule has 1 aromatic heterocycles. The summed E-state index contributed by atoms with van der Waals surface area (Å²) in [6, 6.07) is 11.9. The van der Waals surface area contributed by atoms with E-state index in [1.54, 1.807) is 45.0 Å².